The lowest BCUT2D eigenvalue weighted by atomic mass is 10.1. The summed E-state index contributed by atoms with van der Waals surface area (Å²) in [4.78, 5) is 14.8. The summed E-state index contributed by atoms with van der Waals surface area (Å²) in [6, 6.07) is 1.79. The summed E-state index contributed by atoms with van der Waals surface area (Å²) < 4.78 is 5.01. The zero-order valence-corrected chi connectivity index (χ0v) is 11.8. The normalized spacial score (nSPS) is 10.6. The highest BCUT2D eigenvalue weighted by Gasteiger charge is 2.12. The molecule has 0 unspecified atom stereocenters. The van der Waals surface area contributed by atoms with Crippen molar-refractivity contribution in [3.05, 3.63) is 23.5 Å². The molecule has 1 rings (SSSR count). The van der Waals surface area contributed by atoms with Gasteiger partial charge in [0.1, 0.15) is 0 Å². The first-order valence-electron chi connectivity index (χ1n) is 6.69. The van der Waals surface area contributed by atoms with Crippen LogP contribution in [-0.2, 0) is 11.2 Å². The predicted octanol–water partition coefficient (Wildman–Crippen LogP) is 3.92. The summed E-state index contributed by atoms with van der Waals surface area (Å²) in [5, 5.41) is 0. The van der Waals surface area contributed by atoms with E-state index in [0.29, 0.717) is 12.2 Å². The van der Waals surface area contributed by atoms with Crippen LogP contribution in [0.15, 0.2) is 12.3 Å². The molecule has 0 radical (unpaired) electrons. The molecule has 1 heterocycles. The summed E-state index contributed by atoms with van der Waals surface area (Å²) >= 11 is 5.62. The molecule has 0 saturated carbocycles. The van der Waals surface area contributed by atoms with Crippen LogP contribution in [0.1, 0.15) is 55.1 Å². The number of carbonyl (C=O) groups is 1. The molecule has 0 aliphatic carbocycles. The van der Waals surface area contributed by atoms with E-state index < -0.39 is 0 Å². The Hall–Kier alpha value is -0.960. The van der Waals surface area contributed by atoms with E-state index in [1.54, 1.807) is 12.3 Å². The molecule has 0 fully saturated rings. The van der Waals surface area contributed by atoms with Crippen molar-refractivity contribution in [3.8, 4) is 0 Å². The second-order valence-corrected chi connectivity index (χ2v) is 4.68. The Morgan fingerprint density at radius 2 is 2.00 bits per heavy atom. The number of H-pyrrole nitrogens is 1. The quantitative estimate of drug-likeness (QED) is 0.420. The van der Waals surface area contributed by atoms with Crippen molar-refractivity contribution in [1.29, 1.82) is 0 Å². The number of hydrogen-bond donors (Lipinski definition) is 1. The number of unbranched alkanes of at least 4 members (excludes halogenated alkanes) is 4. The number of halogens is 1. The second-order valence-electron chi connectivity index (χ2n) is 4.30. The van der Waals surface area contributed by atoms with Crippen molar-refractivity contribution in [2.75, 3.05) is 12.5 Å². The maximum absolute atomic E-state index is 11.6. The van der Waals surface area contributed by atoms with Crippen molar-refractivity contribution >= 4 is 17.6 Å². The summed E-state index contributed by atoms with van der Waals surface area (Å²) in [5.41, 5.74) is 1.67. The third-order valence-electron chi connectivity index (χ3n) is 2.89. The first kappa shape index (κ1) is 15.1. The molecule has 0 spiro atoms. The Balaban J connectivity index is 2.30. The zero-order chi connectivity index (χ0) is 13.2. The van der Waals surface area contributed by atoms with Gasteiger partial charge in [-0.2, -0.15) is 0 Å². The van der Waals surface area contributed by atoms with Crippen LogP contribution >= 0.6 is 11.6 Å². The molecule has 3 nitrogen and oxygen atoms in total. The standard InChI is InChI=1S/C14H22ClNO2/c1-2-18-14(17)12-9-11-16-13(12)8-6-4-3-5-7-10-15/h9,11,16H,2-8,10H2,1H3. The van der Waals surface area contributed by atoms with Gasteiger partial charge in [-0.3, -0.25) is 0 Å². The van der Waals surface area contributed by atoms with E-state index in [0.717, 1.165) is 30.8 Å². The molecule has 1 aromatic rings. The van der Waals surface area contributed by atoms with E-state index in [-0.39, 0.29) is 5.97 Å². The molecule has 18 heavy (non-hydrogen) atoms. The summed E-state index contributed by atoms with van der Waals surface area (Å²) in [7, 11) is 0. The molecule has 1 N–H and O–H groups in total. The minimum absolute atomic E-state index is 0.226. The second kappa shape index (κ2) is 9.03. The lowest BCUT2D eigenvalue weighted by molar-refractivity contribution is 0.0525. The Kier molecular flexibility index (Phi) is 7.58. The van der Waals surface area contributed by atoms with Gasteiger partial charge in [0.25, 0.3) is 0 Å². The zero-order valence-electron chi connectivity index (χ0n) is 11.0. The fraction of sp³-hybridized carbons (Fsp3) is 0.643. The summed E-state index contributed by atoms with van der Waals surface area (Å²) in [5.74, 6) is 0.528. The van der Waals surface area contributed by atoms with Gasteiger partial charge in [0, 0.05) is 17.8 Å². The lowest BCUT2D eigenvalue weighted by Gasteiger charge is -2.04. The number of aromatic nitrogens is 1. The lowest BCUT2D eigenvalue weighted by Crippen LogP contribution is -2.06. The first-order chi connectivity index (χ1) is 8.79. The number of aryl methyl sites for hydroxylation is 1. The van der Waals surface area contributed by atoms with Gasteiger partial charge in [-0.05, 0) is 32.3 Å². The van der Waals surface area contributed by atoms with Crippen molar-refractivity contribution in [2.45, 2.75) is 45.4 Å². The molecule has 102 valence electrons. The number of carbonyl (C=O) groups excluding carboxylic acids is 1. The number of rotatable bonds is 9. The third-order valence-corrected chi connectivity index (χ3v) is 3.16. The topological polar surface area (TPSA) is 42.1 Å². The number of nitrogens with one attached hydrogen (secondary N) is 1. The van der Waals surface area contributed by atoms with Gasteiger partial charge < -0.3 is 9.72 Å². The van der Waals surface area contributed by atoms with E-state index in [2.05, 4.69) is 4.98 Å². The minimum Gasteiger partial charge on any atom is -0.462 e. The smallest absolute Gasteiger partial charge is 0.339 e. The molecule has 0 atom stereocenters. The fourth-order valence-electron chi connectivity index (χ4n) is 1.94. The molecule has 0 saturated heterocycles. The van der Waals surface area contributed by atoms with Crippen LogP contribution in [0.4, 0.5) is 0 Å². The Labute approximate surface area is 114 Å². The molecule has 1 aromatic heterocycles. The molecule has 0 bridgehead atoms. The van der Waals surface area contributed by atoms with Crippen molar-refractivity contribution in [3.63, 3.8) is 0 Å². The van der Waals surface area contributed by atoms with Gasteiger partial charge in [-0.1, -0.05) is 19.3 Å². The monoisotopic (exact) mass is 271 g/mol. The van der Waals surface area contributed by atoms with Crippen LogP contribution in [-0.4, -0.2) is 23.4 Å². The number of esters is 1. The van der Waals surface area contributed by atoms with Crippen molar-refractivity contribution < 1.29 is 9.53 Å². The Morgan fingerprint density at radius 3 is 2.72 bits per heavy atom. The van der Waals surface area contributed by atoms with Crippen LogP contribution in [0.3, 0.4) is 0 Å². The predicted molar refractivity (Wildman–Crippen MR) is 74.3 cm³/mol. The fourth-order valence-corrected chi connectivity index (χ4v) is 2.13. The highest BCUT2D eigenvalue weighted by molar-refractivity contribution is 6.17. The SMILES string of the molecule is CCOC(=O)c1cc[nH]c1CCCCCCCCl. The van der Waals surface area contributed by atoms with Crippen LogP contribution in [0.5, 0.6) is 0 Å². The number of hydrogen-bond acceptors (Lipinski definition) is 2. The average molecular weight is 272 g/mol. The maximum Gasteiger partial charge on any atom is 0.339 e. The van der Waals surface area contributed by atoms with Gasteiger partial charge >= 0.3 is 5.97 Å². The van der Waals surface area contributed by atoms with Crippen LogP contribution < -0.4 is 0 Å². The number of alkyl halides is 1. The molecule has 0 aliphatic rings. The van der Waals surface area contributed by atoms with E-state index in [1.807, 2.05) is 6.92 Å². The minimum atomic E-state index is -0.226. The summed E-state index contributed by atoms with van der Waals surface area (Å²) in [6.45, 7) is 2.24. The maximum atomic E-state index is 11.6. The van der Waals surface area contributed by atoms with Gasteiger partial charge in [-0.15, -0.1) is 11.6 Å². The molecular formula is C14H22ClNO2. The number of aromatic amines is 1. The average Bonchev–Trinajstić information content (AvgIpc) is 2.82. The molecule has 0 amide bonds. The Morgan fingerprint density at radius 1 is 1.28 bits per heavy atom. The van der Waals surface area contributed by atoms with Crippen LogP contribution in [0.2, 0.25) is 0 Å². The van der Waals surface area contributed by atoms with E-state index >= 15 is 0 Å². The van der Waals surface area contributed by atoms with Gasteiger partial charge in [0.15, 0.2) is 0 Å². The van der Waals surface area contributed by atoms with Crippen LogP contribution in [0, 0.1) is 0 Å². The van der Waals surface area contributed by atoms with Crippen molar-refractivity contribution in [1.82, 2.24) is 4.98 Å². The first-order valence-corrected chi connectivity index (χ1v) is 7.22. The van der Waals surface area contributed by atoms with Crippen molar-refractivity contribution in [2.24, 2.45) is 0 Å². The third kappa shape index (κ3) is 5.13. The number of ether oxygens (including phenoxy) is 1. The molecular weight excluding hydrogens is 250 g/mol. The molecule has 0 aromatic carbocycles. The van der Waals surface area contributed by atoms with Gasteiger partial charge in [0.2, 0.25) is 0 Å². The van der Waals surface area contributed by atoms with E-state index in [4.69, 9.17) is 16.3 Å². The largest absolute Gasteiger partial charge is 0.462 e. The highest BCUT2D eigenvalue weighted by atomic mass is 35.5. The summed E-state index contributed by atoms with van der Waals surface area (Å²) in [6.07, 6.45) is 8.48. The van der Waals surface area contributed by atoms with Crippen LogP contribution in [0.25, 0.3) is 0 Å². The highest BCUT2D eigenvalue weighted by Crippen LogP contribution is 2.13. The van der Waals surface area contributed by atoms with Gasteiger partial charge in [-0.25, -0.2) is 4.79 Å². The van der Waals surface area contributed by atoms with Gasteiger partial charge in [0.05, 0.1) is 12.2 Å². The van der Waals surface area contributed by atoms with E-state index in [9.17, 15) is 4.79 Å². The molecule has 4 heteroatoms. The molecule has 0 aliphatic heterocycles. The Bertz CT molecular complexity index is 349. The van der Waals surface area contributed by atoms with E-state index in [1.165, 1.54) is 19.3 Å².